The van der Waals surface area contributed by atoms with Crippen molar-refractivity contribution in [2.75, 3.05) is 0 Å². The highest BCUT2D eigenvalue weighted by Crippen LogP contribution is 2.24. The van der Waals surface area contributed by atoms with E-state index < -0.39 is 5.97 Å². The van der Waals surface area contributed by atoms with E-state index in [2.05, 4.69) is 30.9 Å². The molecule has 1 aromatic carbocycles. The Hall–Kier alpha value is -2.28. The summed E-state index contributed by atoms with van der Waals surface area (Å²) in [7, 11) is 0. The maximum Gasteiger partial charge on any atom is 0.355 e. The first kappa shape index (κ1) is 11.8. The average Bonchev–Trinajstić information content (AvgIpc) is 2.92. The highest BCUT2D eigenvalue weighted by Gasteiger charge is 2.15. The Morgan fingerprint density at radius 1 is 1.32 bits per heavy atom. The van der Waals surface area contributed by atoms with Crippen molar-refractivity contribution in [3.63, 3.8) is 0 Å². The second kappa shape index (κ2) is 4.43. The number of carboxylic acid groups (broad SMARTS) is 1. The molecule has 7 heteroatoms. The van der Waals surface area contributed by atoms with Crippen molar-refractivity contribution >= 4 is 32.8 Å². The molecule has 0 aliphatic carbocycles. The van der Waals surface area contributed by atoms with Crippen LogP contribution in [-0.2, 0) is 0 Å². The van der Waals surface area contributed by atoms with Gasteiger partial charge in [0.2, 0.25) is 5.95 Å². The van der Waals surface area contributed by atoms with E-state index in [0.717, 1.165) is 4.47 Å². The Labute approximate surface area is 115 Å². The standard InChI is InChI=1S/C12H7BrN4O2/c13-8-3-1-2-7-9(8)15-12(16-10(7)11(18)19)17-5-4-14-6-17/h1-6H,(H,18,19). The molecule has 6 nitrogen and oxygen atoms in total. The van der Waals surface area contributed by atoms with Gasteiger partial charge in [-0.3, -0.25) is 4.57 Å². The Balaban J connectivity index is 2.38. The van der Waals surface area contributed by atoms with E-state index in [4.69, 9.17) is 0 Å². The predicted molar refractivity (Wildman–Crippen MR) is 71.3 cm³/mol. The zero-order valence-electron chi connectivity index (χ0n) is 9.49. The van der Waals surface area contributed by atoms with E-state index >= 15 is 0 Å². The van der Waals surface area contributed by atoms with Gasteiger partial charge in [-0.15, -0.1) is 0 Å². The lowest BCUT2D eigenvalue weighted by Gasteiger charge is -2.07. The highest BCUT2D eigenvalue weighted by molar-refractivity contribution is 9.10. The van der Waals surface area contributed by atoms with Crippen LogP contribution < -0.4 is 0 Å². The number of benzene rings is 1. The second-order valence-corrected chi connectivity index (χ2v) is 4.64. The van der Waals surface area contributed by atoms with Crippen molar-refractivity contribution in [1.29, 1.82) is 0 Å². The predicted octanol–water partition coefficient (Wildman–Crippen LogP) is 2.28. The van der Waals surface area contributed by atoms with Crippen molar-refractivity contribution in [3.8, 4) is 5.95 Å². The van der Waals surface area contributed by atoms with Crippen LogP contribution in [0.3, 0.4) is 0 Å². The fourth-order valence-electron chi connectivity index (χ4n) is 1.76. The van der Waals surface area contributed by atoms with Crippen LogP contribution in [-0.4, -0.2) is 30.6 Å². The molecule has 0 fully saturated rings. The van der Waals surface area contributed by atoms with E-state index in [0.29, 0.717) is 10.9 Å². The van der Waals surface area contributed by atoms with E-state index in [9.17, 15) is 9.90 Å². The molecule has 3 rings (SSSR count). The molecule has 94 valence electrons. The number of hydrogen-bond donors (Lipinski definition) is 1. The van der Waals surface area contributed by atoms with Crippen molar-refractivity contribution in [2.24, 2.45) is 0 Å². The number of imidazole rings is 1. The van der Waals surface area contributed by atoms with Crippen LogP contribution in [0.1, 0.15) is 10.5 Å². The molecule has 3 aromatic rings. The van der Waals surface area contributed by atoms with Crippen LogP contribution >= 0.6 is 15.9 Å². The third-order valence-electron chi connectivity index (χ3n) is 2.60. The van der Waals surface area contributed by atoms with E-state index in [1.165, 1.54) is 6.33 Å². The molecule has 0 saturated carbocycles. The minimum atomic E-state index is -1.09. The number of carboxylic acids is 1. The van der Waals surface area contributed by atoms with Gasteiger partial charge in [-0.1, -0.05) is 12.1 Å². The normalized spacial score (nSPS) is 10.8. The van der Waals surface area contributed by atoms with Crippen molar-refractivity contribution in [2.45, 2.75) is 0 Å². The van der Waals surface area contributed by atoms with Crippen molar-refractivity contribution in [3.05, 3.63) is 47.1 Å². The summed E-state index contributed by atoms with van der Waals surface area (Å²) in [5.74, 6) is -0.818. The Bertz CT molecular complexity index is 771. The average molecular weight is 319 g/mol. The van der Waals surface area contributed by atoms with Crippen LogP contribution in [0.4, 0.5) is 0 Å². The fourth-order valence-corrected chi connectivity index (χ4v) is 2.22. The van der Waals surface area contributed by atoms with Gasteiger partial charge in [-0.05, 0) is 22.0 Å². The summed E-state index contributed by atoms with van der Waals surface area (Å²) in [6.07, 6.45) is 4.75. The number of nitrogens with zero attached hydrogens (tertiary/aromatic N) is 4. The van der Waals surface area contributed by atoms with Gasteiger partial charge in [0, 0.05) is 22.3 Å². The molecule has 0 aliphatic heterocycles. The molecule has 0 unspecified atom stereocenters. The molecular formula is C12H7BrN4O2. The number of halogens is 1. The lowest BCUT2D eigenvalue weighted by Crippen LogP contribution is -2.08. The molecule has 1 N–H and O–H groups in total. The maximum absolute atomic E-state index is 11.3. The van der Waals surface area contributed by atoms with Gasteiger partial charge < -0.3 is 5.11 Å². The molecule has 0 amide bonds. The van der Waals surface area contributed by atoms with Gasteiger partial charge >= 0.3 is 5.97 Å². The number of hydrogen-bond acceptors (Lipinski definition) is 4. The quantitative estimate of drug-likeness (QED) is 0.784. The lowest BCUT2D eigenvalue weighted by molar-refractivity contribution is 0.0692. The second-order valence-electron chi connectivity index (χ2n) is 3.78. The van der Waals surface area contributed by atoms with Crippen LogP contribution in [0, 0.1) is 0 Å². The van der Waals surface area contributed by atoms with Gasteiger partial charge in [0.25, 0.3) is 0 Å². The molecule has 0 bridgehead atoms. The van der Waals surface area contributed by atoms with E-state index in [1.807, 2.05) is 0 Å². The lowest BCUT2D eigenvalue weighted by atomic mass is 10.2. The highest BCUT2D eigenvalue weighted by atomic mass is 79.9. The first-order valence-corrected chi connectivity index (χ1v) is 6.14. The fraction of sp³-hybridized carbons (Fsp3) is 0. The summed E-state index contributed by atoms with van der Waals surface area (Å²) in [5.41, 5.74) is 0.522. The Kier molecular flexibility index (Phi) is 2.75. The summed E-state index contributed by atoms with van der Waals surface area (Å²) in [6.45, 7) is 0. The summed E-state index contributed by atoms with van der Waals surface area (Å²) in [4.78, 5) is 23.7. The number of rotatable bonds is 2. The molecule has 0 saturated heterocycles. The summed E-state index contributed by atoms with van der Waals surface area (Å²) < 4.78 is 2.28. The molecule has 0 atom stereocenters. The molecule has 0 radical (unpaired) electrons. The SMILES string of the molecule is O=C(O)c1nc(-n2ccnc2)nc2c(Br)cccc12. The van der Waals surface area contributed by atoms with Crippen LogP contribution in [0.25, 0.3) is 16.9 Å². The van der Waals surface area contributed by atoms with Gasteiger partial charge in [0.1, 0.15) is 6.33 Å². The molecule has 19 heavy (non-hydrogen) atoms. The van der Waals surface area contributed by atoms with Gasteiger partial charge in [0.05, 0.1) is 5.52 Å². The van der Waals surface area contributed by atoms with Gasteiger partial charge in [-0.2, -0.15) is 0 Å². The third kappa shape index (κ3) is 1.97. The number of aromatic carboxylic acids is 1. The molecule has 0 spiro atoms. The number of carbonyl (C=O) groups is 1. The first-order valence-electron chi connectivity index (χ1n) is 5.34. The van der Waals surface area contributed by atoms with Crippen molar-refractivity contribution < 1.29 is 9.90 Å². The molecular weight excluding hydrogens is 312 g/mol. The molecule has 2 aromatic heterocycles. The van der Waals surface area contributed by atoms with Crippen molar-refractivity contribution in [1.82, 2.24) is 19.5 Å². The minimum Gasteiger partial charge on any atom is -0.476 e. The minimum absolute atomic E-state index is 0.0324. The number of para-hydroxylation sites is 1. The largest absolute Gasteiger partial charge is 0.476 e. The molecule has 2 heterocycles. The number of fused-ring (bicyclic) bond motifs is 1. The topological polar surface area (TPSA) is 80.9 Å². The zero-order chi connectivity index (χ0) is 13.4. The Morgan fingerprint density at radius 2 is 2.16 bits per heavy atom. The number of aromatic nitrogens is 4. The first-order chi connectivity index (χ1) is 9.16. The van der Waals surface area contributed by atoms with Gasteiger partial charge in [0.15, 0.2) is 5.69 Å². The van der Waals surface area contributed by atoms with Crippen LogP contribution in [0.5, 0.6) is 0 Å². The van der Waals surface area contributed by atoms with Crippen LogP contribution in [0.2, 0.25) is 0 Å². The Morgan fingerprint density at radius 3 is 2.84 bits per heavy atom. The summed E-state index contributed by atoms with van der Waals surface area (Å²) >= 11 is 3.37. The zero-order valence-corrected chi connectivity index (χ0v) is 11.1. The van der Waals surface area contributed by atoms with Crippen LogP contribution in [0.15, 0.2) is 41.4 Å². The maximum atomic E-state index is 11.3. The van der Waals surface area contributed by atoms with E-state index in [1.54, 1.807) is 35.2 Å². The van der Waals surface area contributed by atoms with E-state index in [-0.39, 0.29) is 11.6 Å². The van der Waals surface area contributed by atoms with Gasteiger partial charge in [-0.25, -0.2) is 19.7 Å². The summed E-state index contributed by atoms with van der Waals surface area (Å²) in [6, 6.07) is 5.24. The monoisotopic (exact) mass is 318 g/mol. The third-order valence-corrected chi connectivity index (χ3v) is 3.24. The summed E-state index contributed by atoms with van der Waals surface area (Å²) in [5, 5.41) is 9.76. The molecule has 0 aliphatic rings. The smallest absolute Gasteiger partial charge is 0.355 e.